The van der Waals surface area contributed by atoms with E-state index >= 15 is 0 Å². The van der Waals surface area contributed by atoms with Crippen LogP contribution < -0.4 is 10.1 Å². The second-order valence-corrected chi connectivity index (χ2v) is 9.26. The van der Waals surface area contributed by atoms with Crippen molar-refractivity contribution in [2.24, 2.45) is 5.92 Å². The standard InChI is InChI=1S/C24H33F2N5O3/c1-16-29-30-24(34-16)14-22(32)27-19-5-2-17(3-6-19)8-11-31-12-9-18-4-7-23(33-15-21(25)26)28-20(18)10-13-31/h4,7,17,19,21H,2-3,5-6,8-15H2,1H3,(H,27,32). The van der Waals surface area contributed by atoms with Crippen LogP contribution in [-0.4, -0.2) is 64.7 Å². The molecular weight excluding hydrogens is 444 g/mol. The number of pyridine rings is 1. The molecule has 0 aromatic carbocycles. The van der Waals surface area contributed by atoms with Crippen LogP contribution in [0.1, 0.15) is 55.1 Å². The molecule has 3 heterocycles. The second-order valence-electron chi connectivity index (χ2n) is 9.26. The highest BCUT2D eigenvalue weighted by Crippen LogP contribution is 2.28. The Morgan fingerprint density at radius 1 is 1.21 bits per heavy atom. The van der Waals surface area contributed by atoms with E-state index in [2.05, 4.69) is 25.4 Å². The van der Waals surface area contributed by atoms with Gasteiger partial charge in [0, 0.05) is 44.2 Å². The van der Waals surface area contributed by atoms with E-state index in [0.717, 1.165) is 70.3 Å². The largest absolute Gasteiger partial charge is 0.472 e. The van der Waals surface area contributed by atoms with Crippen molar-refractivity contribution in [3.05, 3.63) is 35.2 Å². The quantitative estimate of drug-likeness (QED) is 0.593. The molecule has 1 N–H and O–H groups in total. The Bertz CT molecular complexity index is 946. The number of carbonyl (C=O) groups is 1. The van der Waals surface area contributed by atoms with Gasteiger partial charge in [0.05, 0.1) is 0 Å². The molecule has 4 rings (SSSR count). The fraction of sp³-hybridized carbons (Fsp3) is 0.667. The lowest BCUT2D eigenvalue weighted by atomic mass is 9.84. The number of ether oxygens (including phenoxy) is 1. The summed E-state index contributed by atoms with van der Waals surface area (Å²) in [6.45, 7) is 4.02. The molecule has 8 nitrogen and oxygen atoms in total. The maximum Gasteiger partial charge on any atom is 0.272 e. The van der Waals surface area contributed by atoms with E-state index in [1.165, 1.54) is 5.56 Å². The zero-order valence-electron chi connectivity index (χ0n) is 19.6. The smallest absolute Gasteiger partial charge is 0.272 e. The Labute approximate surface area is 198 Å². The molecule has 34 heavy (non-hydrogen) atoms. The van der Waals surface area contributed by atoms with Crippen molar-refractivity contribution in [1.29, 1.82) is 0 Å². The highest BCUT2D eigenvalue weighted by molar-refractivity contribution is 5.77. The summed E-state index contributed by atoms with van der Waals surface area (Å²) in [7, 11) is 0. The van der Waals surface area contributed by atoms with Gasteiger partial charge in [-0.2, -0.15) is 0 Å². The lowest BCUT2D eigenvalue weighted by molar-refractivity contribution is -0.121. The number of aromatic nitrogens is 3. The molecule has 0 saturated heterocycles. The summed E-state index contributed by atoms with van der Waals surface area (Å²) in [4.78, 5) is 19.2. The molecule has 1 aliphatic heterocycles. The summed E-state index contributed by atoms with van der Waals surface area (Å²) in [5.41, 5.74) is 2.14. The third-order valence-electron chi connectivity index (χ3n) is 6.71. The Kier molecular flexibility index (Phi) is 8.42. The average molecular weight is 478 g/mol. The van der Waals surface area contributed by atoms with Crippen molar-refractivity contribution in [3.63, 3.8) is 0 Å². The minimum absolute atomic E-state index is 0.0624. The number of hydrogen-bond acceptors (Lipinski definition) is 7. The number of rotatable bonds is 9. The molecule has 2 aromatic rings. The van der Waals surface area contributed by atoms with Crippen LogP contribution in [0, 0.1) is 12.8 Å². The zero-order valence-corrected chi connectivity index (χ0v) is 19.6. The molecule has 0 atom stereocenters. The lowest BCUT2D eigenvalue weighted by Gasteiger charge is -2.30. The van der Waals surface area contributed by atoms with Gasteiger partial charge in [-0.05, 0) is 56.6 Å². The van der Waals surface area contributed by atoms with Crippen LogP contribution in [0.3, 0.4) is 0 Å². The van der Waals surface area contributed by atoms with E-state index in [-0.39, 0.29) is 24.2 Å². The van der Waals surface area contributed by atoms with E-state index in [0.29, 0.717) is 17.7 Å². The first-order chi connectivity index (χ1) is 16.4. The van der Waals surface area contributed by atoms with Crippen LogP contribution in [-0.2, 0) is 24.1 Å². The SMILES string of the molecule is Cc1nnc(CC(=O)NC2CCC(CCN3CCc4ccc(OCC(F)F)nc4CC3)CC2)o1. The molecule has 0 radical (unpaired) electrons. The minimum Gasteiger partial charge on any atom is -0.472 e. The van der Waals surface area contributed by atoms with Gasteiger partial charge in [-0.1, -0.05) is 6.07 Å². The molecule has 0 unspecified atom stereocenters. The van der Waals surface area contributed by atoms with Gasteiger partial charge in [0.15, 0.2) is 6.61 Å². The molecular formula is C24H33F2N5O3. The molecule has 186 valence electrons. The summed E-state index contributed by atoms with van der Waals surface area (Å²) in [5, 5.41) is 10.7. The van der Waals surface area contributed by atoms with Gasteiger partial charge in [0.25, 0.3) is 6.43 Å². The predicted octanol–water partition coefficient (Wildman–Crippen LogP) is 3.13. The molecule has 1 saturated carbocycles. The Balaban J connectivity index is 1.15. The summed E-state index contributed by atoms with van der Waals surface area (Å²) in [6.07, 6.45) is 4.72. The molecule has 1 fully saturated rings. The second kappa shape index (κ2) is 11.7. The molecule has 2 aliphatic rings. The molecule has 2 aromatic heterocycles. The monoisotopic (exact) mass is 477 g/mol. The van der Waals surface area contributed by atoms with Crippen molar-refractivity contribution in [1.82, 2.24) is 25.4 Å². The van der Waals surface area contributed by atoms with Crippen LogP contribution in [0.2, 0.25) is 0 Å². The highest BCUT2D eigenvalue weighted by atomic mass is 19.3. The zero-order chi connectivity index (χ0) is 23.9. The lowest BCUT2D eigenvalue weighted by Crippen LogP contribution is -2.39. The number of hydrogen-bond donors (Lipinski definition) is 1. The number of halogens is 2. The van der Waals surface area contributed by atoms with Crippen molar-refractivity contribution in [3.8, 4) is 5.88 Å². The first-order valence-electron chi connectivity index (χ1n) is 12.1. The minimum atomic E-state index is -2.50. The third-order valence-corrected chi connectivity index (χ3v) is 6.71. The van der Waals surface area contributed by atoms with E-state index < -0.39 is 13.0 Å². The van der Waals surface area contributed by atoms with Gasteiger partial charge in [0.2, 0.25) is 23.6 Å². The maximum absolute atomic E-state index is 12.4. The maximum atomic E-state index is 12.4. The van der Waals surface area contributed by atoms with Gasteiger partial charge in [-0.25, -0.2) is 13.8 Å². The summed E-state index contributed by atoms with van der Waals surface area (Å²) < 4.78 is 35.1. The Hall–Kier alpha value is -2.62. The molecule has 0 spiro atoms. The number of nitrogens with one attached hydrogen (secondary N) is 1. The fourth-order valence-corrected chi connectivity index (χ4v) is 4.85. The number of carbonyl (C=O) groups excluding carboxylic acids is 1. The van der Waals surface area contributed by atoms with Crippen LogP contribution >= 0.6 is 0 Å². The van der Waals surface area contributed by atoms with Crippen molar-refractivity contribution >= 4 is 5.91 Å². The molecule has 10 heteroatoms. The fourth-order valence-electron chi connectivity index (χ4n) is 4.85. The van der Waals surface area contributed by atoms with Crippen molar-refractivity contribution < 1.29 is 22.7 Å². The Morgan fingerprint density at radius 3 is 2.74 bits per heavy atom. The molecule has 1 aliphatic carbocycles. The number of nitrogens with zero attached hydrogens (tertiary/aromatic N) is 4. The third kappa shape index (κ3) is 7.19. The van der Waals surface area contributed by atoms with Crippen LogP contribution in [0.5, 0.6) is 5.88 Å². The first-order valence-corrected chi connectivity index (χ1v) is 12.1. The summed E-state index contributed by atoms with van der Waals surface area (Å²) in [6, 6.07) is 3.87. The van der Waals surface area contributed by atoms with Crippen molar-refractivity contribution in [2.75, 3.05) is 26.2 Å². The summed E-state index contributed by atoms with van der Waals surface area (Å²) in [5.74, 6) is 1.72. The van der Waals surface area contributed by atoms with E-state index in [9.17, 15) is 13.6 Å². The van der Waals surface area contributed by atoms with E-state index in [1.54, 1.807) is 13.0 Å². The van der Waals surface area contributed by atoms with Crippen LogP contribution in [0.4, 0.5) is 8.78 Å². The summed E-state index contributed by atoms with van der Waals surface area (Å²) >= 11 is 0. The number of fused-ring (bicyclic) bond motifs is 1. The Morgan fingerprint density at radius 2 is 2.00 bits per heavy atom. The van der Waals surface area contributed by atoms with Gasteiger partial charge in [-0.15, -0.1) is 10.2 Å². The van der Waals surface area contributed by atoms with Gasteiger partial charge < -0.3 is 19.4 Å². The van der Waals surface area contributed by atoms with E-state index in [4.69, 9.17) is 9.15 Å². The molecule has 1 amide bonds. The van der Waals surface area contributed by atoms with Crippen LogP contribution in [0.25, 0.3) is 0 Å². The highest BCUT2D eigenvalue weighted by Gasteiger charge is 2.24. The predicted molar refractivity (Wildman–Crippen MR) is 121 cm³/mol. The first kappa shape index (κ1) is 24.5. The number of aryl methyl sites for hydroxylation is 1. The number of amides is 1. The molecule has 0 bridgehead atoms. The number of alkyl halides is 2. The normalized spacial score (nSPS) is 21.2. The van der Waals surface area contributed by atoms with Gasteiger partial charge >= 0.3 is 0 Å². The van der Waals surface area contributed by atoms with E-state index in [1.807, 2.05) is 6.07 Å². The van der Waals surface area contributed by atoms with Gasteiger partial charge in [0.1, 0.15) is 6.42 Å². The van der Waals surface area contributed by atoms with Crippen molar-refractivity contribution in [2.45, 2.75) is 70.8 Å². The van der Waals surface area contributed by atoms with Gasteiger partial charge in [-0.3, -0.25) is 4.79 Å². The average Bonchev–Trinajstić information content (AvgIpc) is 3.11. The topological polar surface area (TPSA) is 93.4 Å². The van der Waals surface area contributed by atoms with Crippen LogP contribution in [0.15, 0.2) is 16.5 Å².